The fraction of sp³-hybridized carbons (Fsp3) is 0.571. The van der Waals surface area contributed by atoms with Gasteiger partial charge in [0.15, 0.2) is 10.8 Å². The number of carboxylic acid groups (broad SMARTS) is 1. The average Bonchev–Trinajstić information content (AvgIpc) is 3.93. The Bertz CT molecular complexity index is 1970. The second-order valence-electron chi connectivity index (χ2n) is 14.9. The molecular weight excluding hydrogens is 773 g/mol. The van der Waals surface area contributed by atoms with E-state index in [0.29, 0.717) is 53.2 Å². The number of carbonyl (C=O) groups excluding carboxylic acids is 3. The van der Waals surface area contributed by atoms with Gasteiger partial charge in [0.25, 0.3) is 5.91 Å². The number of thiazole rings is 1. The van der Waals surface area contributed by atoms with Crippen LogP contribution in [0.3, 0.4) is 0 Å². The number of likely N-dealkylation sites (tertiary alicyclic amines) is 1. The molecule has 13 nitrogen and oxygen atoms in total. The summed E-state index contributed by atoms with van der Waals surface area (Å²) in [4.78, 5) is 61.7. The van der Waals surface area contributed by atoms with Crippen molar-refractivity contribution >= 4 is 61.9 Å². The number of anilines is 1. The van der Waals surface area contributed by atoms with Crippen molar-refractivity contribution in [2.75, 3.05) is 11.9 Å². The third kappa shape index (κ3) is 7.28. The molecule has 7 rings (SSSR count). The average molecular weight is 813 g/mol. The second-order valence-corrected chi connectivity index (χ2v) is 18.1. The van der Waals surface area contributed by atoms with Crippen LogP contribution < -0.4 is 15.4 Å². The van der Waals surface area contributed by atoms with Gasteiger partial charge in [-0.25, -0.2) is 18.2 Å². The number of benzene rings is 1. The van der Waals surface area contributed by atoms with Gasteiger partial charge in [0.2, 0.25) is 21.8 Å². The molecule has 1 aromatic heterocycles. The molecule has 1 aromatic carbocycles. The number of carbonyl (C=O) groups is 4. The summed E-state index contributed by atoms with van der Waals surface area (Å²) in [6.45, 7) is 3.62. The molecule has 6 atom stereocenters. The molecule has 2 aliphatic heterocycles. The highest BCUT2D eigenvalue weighted by Gasteiger charge is 2.62. The maximum Gasteiger partial charge on any atom is 0.434 e. The molecule has 4 N–H and O–H groups in total. The molecule has 54 heavy (non-hydrogen) atoms. The smallest absolute Gasteiger partial charge is 0.434 e. The predicted molar refractivity (Wildman–Crippen MR) is 192 cm³/mol. The van der Waals surface area contributed by atoms with E-state index in [-0.39, 0.29) is 37.0 Å². The standard InChI is InChI=1S/C35H40ClF3N6O7S2/c1-2-20-14-34(20,31(48)43-54(51,52)21-11-12-21)42-29(46)25-13-19(28-22-9-6-10-24(36)23(22)16-45(28)33(49)50)15-44(25)30(47)27(18-7-4-3-5-8-18)41-32-40-26(17-53-32)35(37,38)39/h2,6,9-10,17-21,25,27-28H,1,3-5,7-8,11-16H2,(H,40,41)(H,42,46)(H,43,48)(H,49,50)/t19-,20-,25+,27+,28?,34-/m1/s1. The highest BCUT2D eigenvalue weighted by molar-refractivity contribution is 7.91. The van der Waals surface area contributed by atoms with Crippen molar-refractivity contribution < 1.29 is 45.9 Å². The molecule has 4 amide bonds. The van der Waals surface area contributed by atoms with Gasteiger partial charge < -0.3 is 20.6 Å². The Morgan fingerprint density at radius 1 is 1.11 bits per heavy atom. The van der Waals surface area contributed by atoms with Crippen molar-refractivity contribution in [1.29, 1.82) is 0 Å². The van der Waals surface area contributed by atoms with Gasteiger partial charge in [-0.1, -0.05) is 49.1 Å². The number of amides is 4. The largest absolute Gasteiger partial charge is 0.465 e. The van der Waals surface area contributed by atoms with Gasteiger partial charge in [0.05, 0.1) is 17.8 Å². The zero-order valence-corrected chi connectivity index (χ0v) is 31.4. The fourth-order valence-electron chi connectivity index (χ4n) is 8.39. The lowest BCUT2D eigenvalue weighted by atomic mass is 9.83. The molecule has 0 bridgehead atoms. The summed E-state index contributed by atoms with van der Waals surface area (Å²) in [5.74, 6) is -3.80. The predicted octanol–water partition coefficient (Wildman–Crippen LogP) is 5.30. The van der Waals surface area contributed by atoms with Crippen molar-refractivity contribution in [1.82, 2.24) is 24.8 Å². The normalized spacial score (nSPS) is 27.6. The number of hydrogen-bond donors (Lipinski definition) is 4. The van der Waals surface area contributed by atoms with Crippen LogP contribution in [-0.4, -0.2) is 81.5 Å². The van der Waals surface area contributed by atoms with Crippen LogP contribution in [0.25, 0.3) is 0 Å². The minimum Gasteiger partial charge on any atom is -0.465 e. The Morgan fingerprint density at radius 3 is 2.44 bits per heavy atom. The zero-order valence-electron chi connectivity index (χ0n) is 29.0. The van der Waals surface area contributed by atoms with E-state index in [2.05, 4.69) is 26.9 Å². The van der Waals surface area contributed by atoms with Crippen molar-refractivity contribution in [2.45, 2.75) is 99.4 Å². The van der Waals surface area contributed by atoms with Crippen LogP contribution in [0, 0.1) is 17.8 Å². The molecule has 292 valence electrons. The third-order valence-corrected chi connectivity index (χ3v) is 14.4. The Morgan fingerprint density at radius 2 is 1.83 bits per heavy atom. The number of halogens is 4. The van der Waals surface area contributed by atoms with E-state index in [1.54, 1.807) is 18.2 Å². The first-order chi connectivity index (χ1) is 25.5. The highest BCUT2D eigenvalue weighted by atomic mass is 35.5. The molecule has 0 spiro atoms. The van der Waals surface area contributed by atoms with Crippen LogP contribution in [0.4, 0.5) is 23.1 Å². The number of alkyl halides is 3. The van der Waals surface area contributed by atoms with E-state index in [4.69, 9.17) is 11.6 Å². The molecule has 4 fully saturated rings. The molecule has 1 unspecified atom stereocenters. The van der Waals surface area contributed by atoms with Gasteiger partial charge >= 0.3 is 12.3 Å². The number of rotatable bonds is 11. The summed E-state index contributed by atoms with van der Waals surface area (Å²) in [5.41, 5.74) is -1.53. The first-order valence-corrected chi connectivity index (χ1v) is 20.7. The van der Waals surface area contributed by atoms with Crippen molar-refractivity contribution in [3.05, 3.63) is 58.1 Å². The van der Waals surface area contributed by atoms with Crippen LogP contribution in [0.1, 0.15) is 80.7 Å². The van der Waals surface area contributed by atoms with Gasteiger partial charge in [-0.15, -0.1) is 17.9 Å². The molecule has 19 heteroatoms. The number of aromatic nitrogens is 1. The van der Waals surface area contributed by atoms with E-state index in [1.165, 1.54) is 15.9 Å². The van der Waals surface area contributed by atoms with Gasteiger partial charge in [-0.2, -0.15) is 13.2 Å². The molecule has 0 radical (unpaired) electrons. The monoisotopic (exact) mass is 812 g/mol. The minimum atomic E-state index is -4.70. The second kappa shape index (κ2) is 14.3. The summed E-state index contributed by atoms with van der Waals surface area (Å²) in [6, 6.07) is 1.95. The SMILES string of the molecule is C=C[C@@H]1C[C@]1(NC(=O)[C@@H]1C[C@@H](C2c3cccc(Cl)c3CN2C(=O)O)CN1C(=O)[C@@H](Nc1nc(C(F)(F)F)cs1)C1CCCCC1)C(=O)NS(=O)(=O)C1CC1. The molecule has 2 aromatic rings. The number of nitrogens with one attached hydrogen (secondary N) is 3. The van der Waals surface area contributed by atoms with Crippen LogP contribution in [0.5, 0.6) is 0 Å². The van der Waals surface area contributed by atoms with Gasteiger partial charge in [-0.3, -0.25) is 24.0 Å². The quantitative estimate of drug-likeness (QED) is 0.220. The minimum absolute atomic E-state index is 0.0199. The Hall–Kier alpha value is -3.90. The summed E-state index contributed by atoms with van der Waals surface area (Å²) in [6.07, 6.45) is 0.0285. The van der Waals surface area contributed by atoms with Crippen molar-refractivity contribution in [3.8, 4) is 0 Å². The third-order valence-electron chi connectivity index (χ3n) is 11.5. The first-order valence-electron chi connectivity index (χ1n) is 17.9. The fourth-order valence-corrected chi connectivity index (χ4v) is 10.8. The van der Waals surface area contributed by atoms with E-state index < -0.39 is 86.5 Å². The van der Waals surface area contributed by atoms with Crippen LogP contribution >= 0.6 is 22.9 Å². The summed E-state index contributed by atoms with van der Waals surface area (Å²) >= 11 is 7.20. The zero-order chi connectivity index (χ0) is 38.7. The molecule has 3 aliphatic carbocycles. The van der Waals surface area contributed by atoms with Gasteiger partial charge in [0.1, 0.15) is 17.6 Å². The number of sulfonamides is 1. The number of hydrogen-bond acceptors (Lipinski definition) is 9. The summed E-state index contributed by atoms with van der Waals surface area (Å²) < 4.78 is 68.1. The lowest BCUT2D eigenvalue weighted by Crippen LogP contribution is -2.58. The maximum absolute atomic E-state index is 14.9. The highest BCUT2D eigenvalue weighted by Crippen LogP contribution is 2.48. The van der Waals surface area contributed by atoms with Crippen LogP contribution in [0.2, 0.25) is 5.02 Å². The van der Waals surface area contributed by atoms with Gasteiger partial charge in [-0.05, 0) is 61.6 Å². The van der Waals surface area contributed by atoms with Crippen molar-refractivity contribution in [3.63, 3.8) is 0 Å². The molecular formula is C35H40ClF3N6O7S2. The Kier molecular flexibility index (Phi) is 10.2. The van der Waals surface area contributed by atoms with E-state index in [9.17, 15) is 45.9 Å². The molecule has 3 heterocycles. The number of nitrogens with zero attached hydrogens (tertiary/aromatic N) is 3. The first kappa shape index (κ1) is 38.4. The number of fused-ring (bicyclic) bond motifs is 1. The summed E-state index contributed by atoms with van der Waals surface area (Å²) in [5, 5.41) is 16.4. The Labute approximate surface area is 318 Å². The van der Waals surface area contributed by atoms with Gasteiger partial charge in [0, 0.05) is 28.8 Å². The van der Waals surface area contributed by atoms with E-state index in [0.717, 1.165) is 24.6 Å². The van der Waals surface area contributed by atoms with E-state index in [1.807, 2.05) is 0 Å². The lowest BCUT2D eigenvalue weighted by Gasteiger charge is -2.35. The lowest BCUT2D eigenvalue weighted by molar-refractivity contribution is -0.141. The molecule has 5 aliphatic rings. The topological polar surface area (TPSA) is 178 Å². The molecule has 3 saturated carbocycles. The summed E-state index contributed by atoms with van der Waals surface area (Å²) in [7, 11) is -3.97. The van der Waals surface area contributed by atoms with Crippen LogP contribution in [-0.2, 0) is 37.1 Å². The van der Waals surface area contributed by atoms with E-state index >= 15 is 0 Å². The van der Waals surface area contributed by atoms with Crippen LogP contribution in [0.15, 0.2) is 36.2 Å². The maximum atomic E-state index is 14.9. The Balaban J connectivity index is 1.23. The molecule has 1 saturated heterocycles. The van der Waals surface area contributed by atoms with Crippen molar-refractivity contribution in [2.24, 2.45) is 17.8 Å².